The van der Waals surface area contributed by atoms with Crippen molar-refractivity contribution in [2.75, 3.05) is 62.3 Å². The standard InChI is InChI=1S/C29H29BrN7O4P/c1-39-25-15-24(37-9-12-40-13-10-37)19(18-6-11-41-17-18)14-23(25)35-29-33-16-20(30)28(36-29)34-22-5-4-21-26(32-8-7-31-21)27(22)42(2,3)38/h4-8,11,14-17H,9-10,12-13H2,1-3H3,(H2,33,34,35,36). The highest BCUT2D eigenvalue weighted by Crippen LogP contribution is 2.42. The third-order valence-corrected chi connectivity index (χ3v) is 9.01. The second-order valence-electron chi connectivity index (χ2n) is 10.1. The van der Waals surface area contributed by atoms with E-state index in [-0.39, 0.29) is 0 Å². The first-order valence-corrected chi connectivity index (χ1v) is 16.6. The molecule has 0 spiro atoms. The van der Waals surface area contributed by atoms with Crippen molar-refractivity contribution >= 4 is 68.2 Å². The van der Waals surface area contributed by atoms with Gasteiger partial charge in [-0.3, -0.25) is 9.97 Å². The third kappa shape index (κ3) is 5.70. The van der Waals surface area contributed by atoms with Crippen molar-refractivity contribution in [1.82, 2.24) is 19.9 Å². The van der Waals surface area contributed by atoms with E-state index in [4.69, 9.17) is 18.9 Å². The fourth-order valence-corrected chi connectivity index (χ4v) is 6.66. The summed E-state index contributed by atoms with van der Waals surface area (Å²) in [6, 6.07) is 9.64. The van der Waals surface area contributed by atoms with Crippen LogP contribution in [-0.2, 0) is 9.30 Å². The second-order valence-corrected chi connectivity index (χ2v) is 14.1. The number of ether oxygens (including phenoxy) is 2. The molecule has 0 aliphatic carbocycles. The van der Waals surface area contributed by atoms with Gasteiger partial charge in [0.2, 0.25) is 5.95 Å². The van der Waals surface area contributed by atoms with Crippen molar-refractivity contribution in [1.29, 1.82) is 0 Å². The summed E-state index contributed by atoms with van der Waals surface area (Å²) < 4.78 is 30.8. The number of fused-ring (bicyclic) bond motifs is 1. The van der Waals surface area contributed by atoms with E-state index < -0.39 is 7.14 Å². The zero-order chi connectivity index (χ0) is 29.3. The van der Waals surface area contributed by atoms with Crippen LogP contribution in [0.2, 0.25) is 0 Å². The summed E-state index contributed by atoms with van der Waals surface area (Å²) in [6.07, 6.45) is 8.25. The van der Waals surface area contributed by atoms with Crippen LogP contribution in [0.5, 0.6) is 5.75 Å². The Morgan fingerprint density at radius 3 is 2.57 bits per heavy atom. The van der Waals surface area contributed by atoms with Crippen molar-refractivity contribution in [3.63, 3.8) is 0 Å². The number of furan rings is 1. The van der Waals surface area contributed by atoms with E-state index in [1.807, 2.05) is 30.3 Å². The molecule has 1 fully saturated rings. The number of nitrogens with one attached hydrogen (secondary N) is 2. The van der Waals surface area contributed by atoms with Gasteiger partial charge in [-0.05, 0) is 53.5 Å². The topological polar surface area (TPSA) is 128 Å². The summed E-state index contributed by atoms with van der Waals surface area (Å²) in [5.41, 5.74) is 5.54. The van der Waals surface area contributed by atoms with Crippen LogP contribution >= 0.6 is 23.1 Å². The first-order valence-electron chi connectivity index (χ1n) is 13.2. The van der Waals surface area contributed by atoms with Crippen LogP contribution in [0.1, 0.15) is 0 Å². The highest BCUT2D eigenvalue weighted by atomic mass is 79.9. The Hall–Kier alpha value is -3.99. The number of hydrogen-bond donors (Lipinski definition) is 2. The van der Waals surface area contributed by atoms with Crippen LogP contribution in [0.3, 0.4) is 0 Å². The Morgan fingerprint density at radius 2 is 1.83 bits per heavy atom. The van der Waals surface area contributed by atoms with E-state index in [2.05, 4.69) is 46.4 Å². The molecule has 1 aliphatic heterocycles. The maximum atomic E-state index is 13.4. The number of morpholine rings is 1. The summed E-state index contributed by atoms with van der Waals surface area (Å²) >= 11 is 3.55. The number of benzene rings is 2. The van der Waals surface area contributed by atoms with Crippen molar-refractivity contribution < 1.29 is 18.5 Å². The molecule has 1 saturated heterocycles. The van der Waals surface area contributed by atoms with E-state index in [1.165, 1.54) is 0 Å². The molecule has 42 heavy (non-hydrogen) atoms. The first-order chi connectivity index (χ1) is 20.3. The molecule has 0 amide bonds. The van der Waals surface area contributed by atoms with Gasteiger partial charge in [-0.25, -0.2) is 4.98 Å². The SMILES string of the molecule is COc1cc(N2CCOCC2)c(-c2ccoc2)cc1Nc1ncc(Br)c(Nc2ccc3nccnc3c2P(C)(C)=O)n1. The highest BCUT2D eigenvalue weighted by Gasteiger charge is 2.23. The molecule has 1 aliphatic rings. The lowest BCUT2D eigenvalue weighted by molar-refractivity contribution is 0.122. The van der Waals surface area contributed by atoms with Crippen LogP contribution in [0, 0.1) is 0 Å². The molecule has 6 rings (SSSR count). The maximum Gasteiger partial charge on any atom is 0.229 e. The van der Waals surface area contributed by atoms with Gasteiger partial charge in [-0.1, -0.05) is 0 Å². The second kappa shape index (κ2) is 11.7. The van der Waals surface area contributed by atoms with E-state index >= 15 is 0 Å². The summed E-state index contributed by atoms with van der Waals surface area (Å²) in [6.45, 7) is 6.30. The molecule has 0 atom stereocenters. The van der Waals surface area contributed by atoms with Crippen LogP contribution < -0.4 is 25.6 Å². The number of hydrogen-bond acceptors (Lipinski definition) is 11. The smallest absolute Gasteiger partial charge is 0.229 e. The Morgan fingerprint density at radius 1 is 1.02 bits per heavy atom. The number of rotatable bonds is 8. The van der Waals surface area contributed by atoms with Gasteiger partial charge in [0.1, 0.15) is 24.2 Å². The van der Waals surface area contributed by atoms with Gasteiger partial charge >= 0.3 is 0 Å². The zero-order valence-corrected chi connectivity index (χ0v) is 25.8. The summed E-state index contributed by atoms with van der Waals surface area (Å²) in [7, 11) is -1.12. The van der Waals surface area contributed by atoms with Gasteiger partial charge in [-0.2, -0.15) is 4.98 Å². The molecular formula is C29H29BrN7O4P. The number of anilines is 5. The van der Waals surface area contributed by atoms with E-state index in [0.29, 0.717) is 62.9 Å². The van der Waals surface area contributed by atoms with Crippen molar-refractivity contribution in [2.45, 2.75) is 0 Å². The van der Waals surface area contributed by atoms with Gasteiger partial charge in [0, 0.05) is 54.6 Å². The molecule has 2 N–H and O–H groups in total. The van der Waals surface area contributed by atoms with Crippen LogP contribution in [0.4, 0.5) is 28.8 Å². The maximum absolute atomic E-state index is 13.4. The molecule has 216 valence electrons. The lowest BCUT2D eigenvalue weighted by atomic mass is 10.0. The third-order valence-electron chi connectivity index (χ3n) is 6.90. The first kappa shape index (κ1) is 28.1. The molecule has 11 nitrogen and oxygen atoms in total. The number of aromatic nitrogens is 4. The molecule has 0 radical (unpaired) electrons. The minimum absolute atomic E-state index is 0.342. The lowest BCUT2D eigenvalue weighted by Crippen LogP contribution is -2.36. The summed E-state index contributed by atoms with van der Waals surface area (Å²) in [4.78, 5) is 20.4. The molecule has 0 saturated carbocycles. The lowest BCUT2D eigenvalue weighted by Gasteiger charge is -2.31. The van der Waals surface area contributed by atoms with Crippen molar-refractivity contribution in [3.05, 3.63) is 65.9 Å². The predicted molar refractivity (Wildman–Crippen MR) is 169 cm³/mol. The fraction of sp³-hybridized carbons (Fsp3) is 0.241. The Bertz CT molecular complexity index is 1790. The van der Waals surface area contributed by atoms with Gasteiger partial charge in [-0.15, -0.1) is 0 Å². The minimum Gasteiger partial charge on any atom is -0.494 e. The van der Waals surface area contributed by atoms with Crippen LogP contribution in [0.15, 0.2) is 70.3 Å². The largest absolute Gasteiger partial charge is 0.494 e. The molecule has 0 unspecified atom stereocenters. The molecular weight excluding hydrogens is 621 g/mol. The number of halogens is 1. The van der Waals surface area contributed by atoms with Crippen LogP contribution in [0.25, 0.3) is 22.2 Å². The fourth-order valence-electron chi connectivity index (χ4n) is 4.98. The quantitative estimate of drug-likeness (QED) is 0.191. The molecule has 0 bridgehead atoms. The average Bonchev–Trinajstić information content (AvgIpc) is 3.53. The van der Waals surface area contributed by atoms with Gasteiger partial charge < -0.3 is 34.0 Å². The molecule has 5 aromatic rings. The van der Waals surface area contributed by atoms with Gasteiger partial charge in [0.15, 0.2) is 0 Å². The summed E-state index contributed by atoms with van der Waals surface area (Å²) in [5.74, 6) is 1.47. The van der Waals surface area contributed by atoms with Crippen molar-refractivity contribution in [2.24, 2.45) is 0 Å². The van der Waals surface area contributed by atoms with Gasteiger partial charge in [0.05, 0.1) is 59.5 Å². The Kier molecular flexibility index (Phi) is 7.85. The Balaban J connectivity index is 1.37. The Labute approximate surface area is 251 Å². The average molecular weight is 650 g/mol. The molecule has 3 aromatic heterocycles. The number of nitrogens with zero attached hydrogens (tertiary/aromatic N) is 5. The predicted octanol–water partition coefficient (Wildman–Crippen LogP) is 6.02. The molecule has 13 heteroatoms. The molecule has 4 heterocycles. The van der Waals surface area contributed by atoms with Crippen molar-refractivity contribution in [3.8, 4) is 16.9 Å². The van der Waals surface area contributed by atoms with Gasteiger partial charge in [0.25, 0.3) is 0 Å². The highest BCUT2D eigenvalue weighted by molar-refractivity contribution is 9.10. The van der Waals surface area contributed by atoms with E-state index in [0.717, 1.165) is 29.9 Å². The molecule has 2 aromatic carbocycles. The normalized spacial score (nSPS) is 13.8. The zero-order valence-electron chi connectivity index (χ0n) is 23.3. The number of methoxy groups -OCH3 is 1. The summed E-state index contributed by atoms with van der Waals surface area (Å²) in [5, 5.41) is 7.27. The van der Waals surface area contributed by atoms with E-state index in [9.17, 15) is 4.57 Å². The minimum atomic E-state index is -2.75. The van der Waals surface area contributed by atoms with E-state index in [1.54, 1.807) is 51.6 Å². The van der Waals surface area contributed by atoms with Crippen LogP contribution in [-0.4, -0.2) is 66.7 Å². The monoisotopic (exact) mass is 649 g/mol.